The number of amides is 3. The molecule has 3 atom stereocenters. The molecule has 0 aliphatic rings. The van der Waals surface area contributed by atoms with Gasteiger partial charge >= 0.3 is 12.1 Å². The predicted molar refractivity (Wildman–Crippen MR) is 430 cm³/mol. The Balaban J connectivity index is 1.03. The fourth-order valence-electron chi connectivity index (χ4n) is 14.2. The van der Waals surface area contributed by atoms with Gasteiger partial charge in [0.1, 0.15) is 53.2 Å². The van der Waals surface area contributed by atoms with E-state index >= 15 is 9.59 Å². The number of aromatic nitrogens is 4. The van der Waals surface area contributed by atoms with Gasteiger partial charge < -0.3 is 57.0 Å². The van der Waals surface area contributed by atoms with Crippen LogP contribution in [0.3, 0.4) is 0 Å². The number of alkyl carbamates (subject to hydrolysis) is 1. The molecule has 0 radical (unpaired) electrons. The van der Waals surface area contributed by atoms with E-state index in [0.717, 1.165) is 36.7 Å². The average Bonchev–Trinajstić information content (AvgIpc) is 1.46. The molecule has 0 spiro atoms. The van der Waals surface area contributed by atoms with Crippen LogP contribution in [0.5, 0.6) is 0 Å². The molecule has 4 heterocycles. The first kappa shape index (κ1) is 79.9. The Morgan fingerprint density at radius 3 is 1.36 bits per heavy atom. The number of methoxy groups -OCH3 is 2. The van der Waals surface area contributed by atoms with Crippen molar-refractivity contribution in [3.63, 3.8) is 0 Å². The number of benzene rings is 7. The highest BCUT2D eigenvalue weighted by molar-refractivity contribution is 7.13. The smallest absolute Gasteiger partial charge is 0.408 e. The zero-order valence-electron chi connectivity index (χ0n) is 63.9. The summed E-state index contributed by atoms with van der Waals surface area (Å²) in [6, 6.07) is 69.3. The summed E-state index contributed by atoms with van der Waals surface area (Å²) in [6.07, 6.45) is -0.252. The lowest BCUT2D eigenvalue weighted by atomic mass is 10.1. The van der Waals surface area contributed by atoms with Crippen LogP contribution in [0.4, 0.5) is 4.79 Å². The Morgan fingerprint density at radius 1 is 0.495 bits per heavy atom. The van der Waals surface area contributed by atoms with Crippen molar-refractivity contribution in [1.29, 1.82) is 0 Å². The Kier molecular flexibility index (Phi) is 25.7. The van der Waals surface area contributed by atoms with E-state index in [2.05, 4.69) is 127 Å². The minimum atomic E-state index is -3.51. The molecule has 0 aliphatic carbocycles. The average molecular weight is 1540 g/mol. The quantitative estimate of drug-likeness (QED) is 0.0208. The topological polar surface area (TPSA) is 247 Å². The lowest BCUT2D eigenvalue weighted by Crippen LogP contribution is -2.68. The fraction of sp³-hybridized carbons (Fsp3) is 0.294. The lowest BCUT2D eigenvalue weighted by Gasteiger charge is -2.44. The number of rotatable bonds is 31. The molecule has 20 nitrogen and oxygen atoms in total. The Labute approximate surface area is 644 Å². The van der Waals surface area contributed by atoms with Crippen molar-refractivity contribution in [1.82, 2.24) is 35.9 Å². The largest absolute Gasteiger partial charge is 0.461 e. The number of aryl methyl sites for hydroxylation is 1. The number of ether oxygens (including phenoxy) is 4. The molecule has 566 valence electrons. The molecule has 3 N–H and O–H groups in total. The van der Waals surface area contributed by atoms with Crippen molar-refractivity contribution in [2.75, 3.05) is 40.6 Å². The van der Waals surface area contributed by atoms with Crippen LogP contribution in [-0.2, 0) is 43.6 Å². The van der Waals surface area contributed by atoms with E-state index in [-0.39, 0.29) is 73.4 Å². The fourth-order valence-corrected chi connectivity index (χ4v) is 28.7. The van der Waals surface area contributed by atoms with E-state index in [1.807, 2.05) is 164 Å². The highest BCUT2D eigenvalue weighted by Gasteiger charge is 2.54. The summed E-state index contributed by atoms with van der Waals surface area (Å²) in [7, 11) is -7.26. The third-order valence-electron chi connectivity index (χ3n) is 19.3. The second-order valence-corrected chi connectivity index (χ2v) is 43.3. The van der Waals surface area contributed by atoms with Crippen molar-refractivity contribution < 1.29 is 60.2 Å². The first-order valence-corrected chi connectivity index (χ1v) is 42.9. The molecule has 109 heavy (non-hydrogen) atoms. The highest BCUT2D eigenvalue weighted by atomic mass is 32.1. The van der Waals surface area contributed by atoms with Crippen LogP contribution >= 0.6 is 11.3 Å². The molecule has 0 bridgehead atoms. The Morgan fingerprint density at radius 2 is 0.927 bits per heavy atom. The molecule has 0 aliphatic heterocycles. The maximum Gasteiger partial charge on any atom is 0.408 e. The molecule has 24 heteroatoms. The summed E-state index contributed by atoms with van der Waals surface area (Å²) < 4.78 is 58.5. The van der Waals surface area contributed by atoms with Crippen molar-refractivity contribution in [2.24, 2.45) is 0 Å². The van der Waals surface area contributed by atoms with Gasteiger partial charge in [-0.1, -0.05) is 275 Å². The first-order chi connectivity index (χ1) is 52.3. The van der Waals surface area contributed by atoms with E-state index in [1.165, 1.54) is 31.8 Å². The number of pyridine rings is 1. The van der Waals surface area contributed by atoms with Gasteiger partial charge in [-0.2, -0.15) is 0 Å². The zero-order chi connectivity index (χ0) is 77.6. The molecule has 4 aromatic heterocycles. The number of esters is 1. The number of hydrogen-bond acceptors (Lipinski definition) is 18. The number of carbonyl (C=O) groups excluding carboxylic acids is 4. The first-order valence-electron chi connectivity index (χ1n) is 36.3. The highest BCUT2D eigenvalue weighted by Crippen LogP contribution is 2.42. The second kappa shape index (κ2) is 35.1. The number of nitrogens with zero attached hydrogens (tertiary/aromatic N) is 4. The standard InChI is InChI=1S/C85H95N7O13SSi3/c1-14-99-80(95)72-57-106-79(90-72)66-50-51-67(81(97-12)98-13)86-74(66)68-53-100-77(89-68)70(55-103-108(84(6,7)8,62-42-28-18-29-43-62)63-44-30-19-31-45-63)88-75(93)69(54-102-107(83(3,4)5,60-38-24-16-25-39-60)61-40-26-17-27-41-61)87-76(94)73-58(2)105-78(92-73)71(91-82(96)101-52-59-36-22-15-23-37-59)56-104-109(85(9,10)11,64-46-32-20-33-47-64)65-48-34-21-35-49-65/h15-51,53,57,69-71,81H,14,52,54-56H2,1-13H3,(H,87,94)(H,88,93)(H,91,96)/t69-,70-,71-/m0/s1. The lowest BCUT2D eigenvalue weighted by molar-refractivity contribution is -0.125. The van der Waals surface area contributed by atoms with Crippen molar-refractivity contribution in [2.45, 2.75) is 122 Å². The number of nitrogens with one attached hydrogen (secondary N) is 3. The van der Waals surface area contributed by atoms with E-state index in [0.29, 0.717) is 16.3 Å². The number of hydrogen-bond donors (Lipinski definition) is 3. The maximum absolute atomic E-state index is 16.5. The molecule has 11 aromatic rings. The van der Waals surface area contributed by atoms with E-state index < -0.39 is 88.4 Å². The van der Waals surface area contributed by atoms with Crippen molar-refractivity contribution in [3.05, 3.63) is 276 Å². The van der Waals surface area contributed by atoms with E-state index in [4.69, 9.17) is 61.0 Å². The second-order valence-electron chi connectivity index (χ2n) is 29.5. The van der Waals surface area contributed by atoms with Gasteiger partial charge in [0, 0.05) is 25.2 Å². The summed E-state index contributed by atoms with van der Waals surface area (Å²) in [6.45, 7) is 21.9. The minimum absolute atomic E-state index is 0.0110. The SMILES string of the molecule is CCOC(=O)c1csc(-c2ccc(C(OC)OC)nc2-c2coc([C@H](CO[Si](c3ccccc3)(c3ccccc3)C(C)(C)C)NC(=O)[C@H](CO[Si](c3ccccc3)(c3ccccc3)C(C)(C)C)NC(=O)c3nc([C@H](CO[Si](c4ccccc4)(c4ccccc4)C(C)(C)C)NC(=O)OCc4ccccc4)oc3C)n2)n1. The summed E-state index contributed by atoms with van der Waals surface area (Å²) in [5.74, 6) is -2.06. The minimum Gasteiger partial charge on any atom is -0.461 e. The number of carbonyl (C=O) groups is 4. The van der Waals surface area contributed by atoms with Gasteiger partial charge in [0.05, 0.1) is 32.1 Å². The number of thiazole rings is 1. The normalized spacial score (nSPS) is 13.1. The molecule has 0 fully saturated rings. The van der Waals surface area contributed by atoms with Gasteiger partial charge in [-0.05, 0) is 77.8 Å². The van der Waals surface area contributed by atoms with Crippen LogP contribution in [0.2, 0.25) is 15.1 Å². The summed E-state index contributed by atoms with van der Waals surface area (Å²) in [5, 5.41) is 15.6. The zero-order valence-corrected chi connectivity index (χ0v) is 67.7. The Hall–Kier alpha value is -10.1. The van der Waals surface area contributed by atoms with Gasteiger partial charge in [-0.25, -0.2) is 29.5 Å². The van der Waals surface area contributed by atoms with Crippen LogP contribution in [-0.4, -0.2) is 115 Å². The van der Waals surface area contributed by atoms with Crippen LogP contribution in [0.15, 0.2) is 245 Å². The molecular weight excluding hydrogens is 1440 g/mol. The van der Waals surface area contributed by atoms with Crippen molar-refractivity contribution in [3.8, 4) is 22.0 Å². The van der Waals surface area contributed by atoms with Gasteiger partial charge in [0.2, 0.25) is 24.0 Å². The summed E-state index contributed by atoms with van der Waals surface area (Å²) in [5.41, 5.74) is 2.09. The van der Waals surface area contributed by atoms with Gasteiger partial charge in [-0.15, -0.1) is 11.3 Å². The molecule has 0 unspecified atom stereocenters. The van der Waals surface area contributed by atoms with Crippen molar-refractivity contribution >= 4 is 91.3 Å². The molecule has 0 saturated carbocycles. The van der Waals surface area contributed by atoms with Crippen LogP contribution < -0.4 is 47.1 Å². The molecular formula is C85H95N7O13SSi3. The van der Waals surface area contributed by atoms with Crippen LogP contribution in [0.1, 0.15) is 137 Å². The molecule has 0 saturated heterocycles. The third kappa shape index (κ3) is 17.6. The van der Waals surface area contributed by atoms with E-state index in [9.17, 15) is 9.59 Å². The Bertz CT molecular complexity index is 4690. The van der Waals surface area contributed by atoms with E-state index in [1.54, 1.807) is 31.4 Å². The molecule has 11 rings (SSSR count). The third-order valence-corrected chi connectivity index (χ3v) is 35.2. The predicted octanol–water partition coefficient (Wildman–Crippen LogP) is 13.3. The number of oxazole rings is 2. The molecule has 7 aromatic carbocycles. The van der Waals surface area contributed by atoms with Gasteiger partial charge in [-0.3, -0.25) is 9.59 Å². The summed E-state index contributed by atoms with van der Waals surface area (Å²) >= 11 is 1.22. The summed E-state index contributed by atoms with van der Waals surface area (Å²) in [4.78, 5) is 79.5. The molecule has 3 amide bonds. The van der Waals surface area contributed by atoms with Gasteiger partial charge in [0.15, 0.2) is 11.4 Å². The maximum atomic E-state index is 16.5. The van der Waals surface area contributed by atoms with Crippen LogP contribution in [0.25, 0.3) is 22.0 Å². The monoisotopic (exact) mass is 1540 g/mol. The van der Waals surface area contributed by atoms with Crippen LogP contribution in [0, 0.1) is 6.92 Å². The van der Waals surface area contributed by atoms with Gasteiger partial charge in [0.25, 0.3) is 30.9 Å².